The van der Waals surface area contributed by atoms with Crippen molar-refractivity contribution >= 4 is 36.6 Å². The van der Waals surface area contributed by atoms with Crippen molar-refractivity contribution in [2.75, 3.05) is 40.3 Å². The van der Waals surface area contributed by atoms with E-state index in [1.54, 1.807) is 6.07 Å². The SMILES string of the molecule is CC(C(=O)NCc1cccc(C(=O)NCCN(C)C)c1)C1CNC1.Cl.Cl. The average molecular weight is 405 g/mol. The molecule has 1 aliphatic heterocycles. The highest BCUT2D eigenvalue weighted by Gasteiger charge is 2.28. The van der Waals surface area contributed by atoms with E-state index in [-0.39, 0.29) is 42.5 Å². The average Bonchev–Trinajstić information content (AvgIpc) is 2.50. The van der Waals surface area contributed by atoms with Crippen LogP contribution in [0.1, 0.15) is 22.8 Å². The molecular formula is C18H30Cl2N4O2. The number of rotatable bonds is 8. The molecular weight excluding hydrogens is 375 g/mol. The number of likely N-dealkylation sites (N-methyl/N-ethyl adjacent to an activating group) is 1. The Bertz CT molecular complexity index is 580. The molecule has 1 saturated heterocycles. The molecule has 26 heavy (non-hydrogen) atoms. The Hall–Kier alpha value is -1.34. The zero-order chi connectivity index (χ0) is 17.5. The second-order valence-electron chi connectivity index (χ2n) is 6.68. The Labute approximate surface area is 168 Å². The first kappa shape index (κ1) is 24.7. The maximum absolute atomic E-state index is 12.2. The molecule has 1 aliphatic rings. The van der Waals surface area contributed by atoms with Gasteiger partial charge in [-0.2, -0.15) is 0 Å². The van der Waals surface area contributed by atoms with Crippen LogP contribution in [0.2, 0.25) is 0 Å². The lowest BCUT2D eigenvalue weighted by molar-refractivity contribution is -0.126. The van der Waals surface area contributed by atoms with E-state index in [2.05, 4.69) is 16.0 Å². The van der Waals surface area contributed by atoms with Crippen molar-refractivity contribution in [3.8, 4) is 0 Å². The molecule has 148 valence electrons. The summed E-state index contributed by atoms with van der Waals surface area (Å²) in [7, 11) is 3.94. The maximum atomic E-state index is 12.2. The molecule has 0 aromatic heterocycles. The molecule has 1 atom stereocenters. The number of carbonyl (C=O) groups is 2. The largest absolute Gasteiger partial charge is 0.352 e. The van der Waals surface area contributed by atoms with Gasteiger partial charge in [-0.1, -0.05) is 19.1 Å². The van der Waals surface area contributed by atoms with Crippen LogP contribution in [-0.2, 0) is 11.3 Å². The second kappa shape index (κ2) is 12.1. The van der Waals surface area contributed by atoms with Gasteiger partial charge < -0.3 is 20.9 Å². The molecule has 1 fully saturated rings. The minimum Gasteiger partial charge on any atom is -0.352 e. The molecule has 8 heteroatoms. The third-order valence-electron chi connectivity index (χ3n) is 4.43. The van der Waals surface area contributed by atoms with E-state index < -0.39 is 0 Å². The van der Waals surface area contributed by atoms with Gasteiger partial charge in [0, 0.05) is 31.1 Å². The Morgan fingerprint density at radius 2 is 1.92 bits per heavy atom. The summed E-state index contributed by atoms with van der Waals surface area (Å²) < 4.78 is 0. The van der Waals surface area contributed by atoms with Crippen molar-refractivity contribution in [3.05, 3.63) is 35.4 Å². The fourth-order valence-electron chi connectivity index (χ4n) is 2.55. The van der Waals surface area contributed by atoms with E-state index >= 15 is 0 Å². The van der Waals surface area contributed by atoms with E-state index in [0.29, 0.717) is 24.6 Å². The van der Waals surface area contributed by atoms with Gasteiger partial charge in [0.2, 0.25) is 5.91 Å². The lowest BCUT2D eigenvalue weighted by Crippen LogP contribution is -2.49. The van der Waals surface area contributed by atoms with Gasteiger partial charge in [-0.15, -0.1) is 24.8 Å². The van der Waals surface area contributed by atoms with Crippen molar-refractivity contribution < 1.29 is 9.59 Å². The van der Waals surface area contributed by atoms with E-state index in [1.807, 2.05) is 44.1 Å². The summed E-state index contributed by atoms with van der Waals surface area (Å²) in [5, 5.41) is 9.05. The molecule has 1 heterocycles. The second-order valence-corrected chi connectivity index (χ2v) is 6.68. The number of nitrogens with zero attached hydrogens (tertiary/aromatic N) is 1. The fraction of sp³-hybridized carbons (Fsp3) is 0.556. The molecule has 0 aliphatic carbocycles. The zero-order valence-electron chi connectivity index (χ0n) is 15.6. The van der Waals surface area contributed by atoms with Crippen molar-refractivity contribution in [1.82, 2.24) is 20.9 Å². The lowest BCUT2D eigenvalue weighted by atomic mass is 9.88. The van der Waals surface area contributed by atoms with Crippen LogP contribution in [0.25, 0.3) is 0 Å². The first-order chi connectivity index (χ1) is 11.5. The zero-order valence-corrected chi connectivity index (χ0v) is 17.2. The standard InChI is InChI=1S/C18H28N4O2.2ClH/c1-13(16-11-19-12-16)17(23)21-10-14-5-4-6-15(9-14)18(24)20-7-8-22(2)3;;/h4-6,9,13,16,19H,7-8,10-12H2,1-3H3,(H,20,24)(H,21,23);2*1H. The summed E-state index contributed by atoms with van der Waals surface area (Å²) in [5.41, 5.74) is 1.55. The topological polar surface area (TPSA) is 73.5 Å². The van der Waals surface area contributed by atoms with Gasteiger partial charge in [0.1, 0.15) is 0 Å². The Morgan fingerprint density at radius 3 is 2.50 bits per heavy atom. The van der Waals surface area contributed by atoms with Crippen LogP contribution >= 0.6 is 24.8 Å². The Balaban J connectivity index is 0.00000312. The van der Waals surface area contributed by atoms with Crippen LogP contribution in [0.3, 0.4) is 0 Å². The minimum absolute atomic E-state index is 0. The van der Waals surface area contributed by atoms with Crippen molar-refractivity contribution in [2.45, 2.75) is 13.5 Å². The summed E-state index contributed by atoms with van der Waals surface area (Å²) >= 11 is 0. The minimum atomic E-state index is -0.0843. The highest BCUT2D eigenvalue weighted by atomic mass is 35.5. The van der Waals surface area contributed by atoms with Crippen LogP contribution in [0.4, 0.5) is 0 Å². The number of hydrogen-bond donors (Lipinski definition) is 3. The van der Waals surface area contributed by atoms with E-state index in [9.17, 15) is 9.59 Å². The molecule has 0 bridgehead atoms. The van der Waals surface area contributed by atoms with Gasteiger partial charge in [-0.3, -0.25) is 9.59 Å². The van der Waals surface area contributed by atoms with Crippen molar-refractivity contribution in [1.29, 1.82) is 0 Å². The Kier molecular flexibility index (Phi) is 11.5. The number of amides is 2. The predicted octanol–water partition coefficient (Wildman–Crippen LogP) is 1.29. The maximum Gasteiger partial charge on any atom is 0.251 e. The van der Waals surface area contributed by atoms with Crippen LogP contribution in [0.15, 0.2) is 24.3 Å². The summed E-state index contributed by atoms with van der Waals surface area (Å²) in [6, 6.07) is 7.40. The first-order valence-electron chi connectivity index (χ1n) is 8.47. The molecule has 0 radical (unpaired) electrons. The van der Waals surface area contributed by atoms with Crippen LogP contribution in [-0.4, -0.2) is 57.0 Å². The first-order valence-corrected chi connectivity index (χ1v) is 8.47. The molecule has 0 spiro atoms. The molecule has 1 aromatic carbocycles. The van der Waals surface area contributed by atoms with E-state index in [4.69, 9.17) is 0 Å². The molecule has 2 rings (SSSR count). The highest BCUT2D eigenvalue weighted by molar-refractivity contribution is 5.94. The van der Waals surface area contributed by atoms with Crippen LogP contribution < -0.4 is 16.0 Å². The van der Waals surface area contributed by atoms with E-state index in [1.165, 1.54) is 0 Å². The molecule has 1 unspecified atom stereocenters. The van der Waals surface area contributed by atoms with Gasteiger partial charge in [-0.25, -0.2) is 0 Å². The Morgan fingerprint density at radius 1 is 1.23 bits per heavy atom. The van der Waals surface area contributed by atoms with Crippen molar-refractivity contribution in [3.63, 3.8) is 0 Å². The van der Waals surface area contributed by atoms with Gasteiger partial charge in [-0.05, 0) is 50.8 Å². The quantitative estimate of drug-likeness (QED) is 0.610. The third-order valence-corrected chi connectivity index (χ3v) is 4.43. The number of hydrogen-bond acceptors (Lipinski definition) is 4. The summed E-state index contributed by atoms with van der Waals surface area (Å²) in [6.45, 7) is 5.65. The van der Waals surface area contributed by atoms with Gasteiger partial charge in [0.25, 0.3) is 5.91 Å². The number of halogens is 2. The highest BCUT2D eigenvalue weighted by Crippen LogP contribution is 2.16. The number of carbonyl (C=O) groups excluding carboxylic acids is 2. The smallest absolute Gasteiger partial charge is 0.251 e. The molecule has 6 nitrogen and oxygen atoms in total. The molecule has 3 N–H and O–H groups in total. The monoisotopic (exact) mass is 404 g/mol. The molecule has 1 aromatic rings. The van der Waals surface area contributed by atoms with Gasteiger partial charge in [0.15, 0.2) is 0 Å². The predicted molar refractivity (Wildman–Crippen MR) is 109 cm³/mol. The van der Waals surface area contributed by atoms with Crippen molar-refractivity contribution in [2.24, 2.45) is 11.8 Å². The van der Waals surface area contributed by atoms with Gasteiger partial charge in [0.05, 0.1) is 0 Å². The molecule has 2 amide bonds. The fourth-order valence-corrected chi connectivity index (χ4v) is 2.55. The summed E-state index contributed by atoms with van der Waals surface area (Å²) in [5.74, 6) is 0.434. The molecule has 0 saturated carbocycles. The van der Waals surface area contributed by atoms with Crippen LogP contribution in [0.5, 0.6) is 0 Å². The number of nitrogens with one attached hydrogen (secondary N) is 3. The summed E-state index contributed by atoms with van der Waals surface area (Å²) in [4.78, 5) is 26.3. The third kappa shape index (κ3) is 7.50. The van der Waals surface area contributed by atoms with Crippen LogP contribution in [0, 0.1) is 11.8 Å². The van der Waals surface area contributed by atoms with E-state index in [0.717, 1.165) is 25.2 Å². The van der Waals surface area contributed by atoms with Gasteiger partial charge >= 0.3 is 0 Å². The summed E-state index contributed by atoms with van der Waals surface area (Å²) in [6.07, 6.45) is 0. The lowest BCUT2D eigenvalue weighted by Gasteiger charge is -2.31. The normalized spacial score (nSPS) is 14.5. The number of benzene rings is 1.